The molecule has 1 nitrogen and oxygen atoms in total. The van der Waals surface area contributed by atoms with Crippen LogP contribution < -0.4 is 0 Å². The van der Waals surface area contributed by atoms with Crippen molar-refractivity contribution in [2.45, 2.75) is 0 Å². The molecule has 0 atom stereocenters. The van der Waals surface area contributed by atoms with Crippen LogP contribution in [0.3, 0.4) is 0 Å². The number of hydrogen-bond donors (Lipinski definition) is 0. The van der Waals surface area contributed by atoms with Gasteiger partial charge in [0.25, 0.3) is 0 Å². The van der Waals surface area contributed by atoms with Crippen molar-refractivity contribution in [3.8, 4) is 0 Å². The second-order valence-corrected chi connectivity index (χ2v) is 4.57. The third kappa shape index (κ3) is 1.60. The van der Waals surface area contributed by atoms with Crippen molar-refractivity contribution < 1.29 is 0 Å². The topological polar surface area (TPSA) is 12.9 Å². The van der Waals surface area contributed by atoms with Gasteiger partial charge in [-0.05, 0) is 34.1 Å². The van der Waals surface area contributed by atoms with E-state index in [1.807, 2.05) is 18.2 Å². The lowest BCUT2D eigenvalue weighted by Crippen LogP contribution is -1.81. The first-order valence-corrected chi connectivity index (χ1v) is 5.55. The van der Waals surface area contributed by atoms with Crippen LogP contribution in [0.5, 0.6) is 0 Å². The third-order valence-electron chi connectivity index (χ3n) is 1.78. The van der Waals surface area contributed by atoms with Crippen LogP contribution in [0.15, 0.2) is 33.5 Å². The van der Waals surface area contributed by atoms with Gasteiger partial charge in [-0.3, -0.25) is 0 Å². The van der Waals surface area contributed by atoms with E-state index in [9.17, 15) is 0 Å². The first kappa shape index (κ1) is 9.44. The molecule has 2 rings (SSSR count). The maximum absolute atomic E-state index is 6.04. The van der Waals surface area contributed by atoms with Gasteiger partial charge in [0.05, 0.1) is 5.02 Å². The Balaban J connectivity index is 3.00. The zero-order valence-corrected chi connectivity index (χ0v) is 10.3. The molecule has 66 valence electrons. The van der Waals surface area contributed by atoms with Crippen molar-refractivity contribution in [1.29, 1.82) is 0 Å². The summed E-state index contributed by atoms with van der Waals surface area (Å²) in [4.78, 5) is 4.12. The number of halogens is 3. The van der Waals surface area contributed by atoms with Gasteiger partial charge >= 0.3 is 0 Å². The highest BCUT2D eigenvalue weighted by Crippen LogP contribution is 2.33. The lowest BCUT2D eigenvalue weighted by Gasteiger charge is -2.03. The molecule has 0 aliphatic rings. The summed E-state index contributed by atoms with van der Waals surface area (Å²) in [5, 5.41) is 2.71. The molecule has 0 N–H and O–H groups in total. The van der Waals surface area contributed by atoms with Crippen molar-refractivity contribution in [2.75, 3.05) is 0 Å². The van der Waals surface area contributed by atoms with Crippen LogP contribution in [0.25, 0.3) is 10.8 Å². The molecule has 1 aromatic carbocycles. The maximum atomic E-state index is 6.04. The van der Waals surface area contributed by atoms with Crippen molar-refractivity contribution in [3.63, 3.8) is 0 Å². The van der Waals surface area contributed by atoms with E-state index in [-0.39, 0.29) is 0 Å². The van der Waals surface area contributed by atoms with Crippen LogP contribution >= 0.6 is 43.5 Å². The van der Waals surface area contributed by atoms with Crippen molar-refractivity contribution in [3.05, 3.63) is 38.5 Å². The maximum Gasteiger partial charge on any atom is 0.115 e. The van der Waals surface area contributed by atoms with E-state index in [1.165, 1.54) is 0 Å². The van der Waals surface area contributed by atoms with Crippen molar-refractivity contribution >= 4 is 54.2 Å². The minimum atomic E-state index is 0.707. The standard InChI is InChI=1S/C9H4Br2ClN/c10-6-1-2-7(12)8-5(6)3-4-13-9(8)11/h1-4H. The van der Waals surface area contributed by atoms with E-state index < -0.39 is 0 Å². The summed E-state index contributed by atoms with van der Waals surface area (Å²) in [6.07, 6.45) is 1.74. The molecule has 0 saturated heterocycles. The van der Waals surface area contributed by atoms with Gasteiger partial charge in [0.1, 0.15) is 4.60 Å². The van der Waals surface area contributed by atoms with E-state index >= 15 is 0 Å². The first-order chi connectivity index (χ1) is 6.20. The van der Waals surface area contributed by atoms with Crippen LogP contribution in [0.2, 0.25) is 5.02 Å². The summed E-state index contributed by atoms with van der Waals surface area (Å²) in [7, 11) is 0. The van der Waals surface area contributed by atoms with Crippen LogP contribution in [0.4, 0.5) is 0 Å². The quantitative estimate of drug-likeness (QED) is 0.655. The van der Waals surface area contributed by atoms with E-state index in [4.69, 9.17) is 11.6 Å². The Labute approximate surface area is 97.4 Å². The molecule has 2 aromatic rings. The molecule has 1 heterocycles. The number of pyridine rings is 1. The first-order valence-electron chi connectivity index (χ1n) is 3.58. The highest BCUT2D eigenvalue weighted by Gasteiger charge is 2.06. The van der Waals surface area contributed by atoms with Crippen LogP contribution in [0.1, 0.15) is 0 Å². The Hall–Kier alpha value is -0.120. The van der Waals surface area contributed by atoms with E-state index in [2.05, 4.69) is 36.8 Å². The minimum absolute atomic E-state index is 0.707. The van der Waals surface area contributed by atoms with E-state index in [1.54, 1.807) is 6.20 Å². The predicted molar refractivity (Wildman–Crippen MR) is 62.2 cm³/mol. The second kappa shape index (κ2) is 3.56. The summed E-state index contributed by atoms with van der Waals surface area (Å²) in [5.41, 5.74) is 0. The molecule has 13 heavy (non-hydrogen) atoms. The van der Waals surface area contributed by atoms with E-state index in [0.717, 1.165) is 19.8 Å². The number of hydrogen-bond acceptors (Lipinski definition) is 1. The third-order valence-corrected chi connectivity index (χ3v) is 3.38. The Bertz CT molecular complexity index is 462. The molecule has 0 bridgehead atoms. The van der Waals surface area contributed by atoms with Gasteiger partial charge in [0.15, 0.2) is 0 Å². The Kier molecular flexibility index (Phi) is 2.58. The SMILES string of the molecule is Clc1ccc(Br)c2ccnc(Br)c12. The van der Waals surface area contributed by atoms with Gasteiger partial charge in [-0.2, -0.15) is 0 Å². The van der Waals surface area contributed by atoms with Gasteiger partial charge in [-0.15, -0.1) is 0 Å². The van der Waals surface area contributed by atoms with Crippen LogP contribution in [-0.4, -0.2) is 4.98 Å². The summed E-state index contributed by atoms with van der Waals surface area (Å²) >= 11 is 12.9. The van der Waals surface area contributed by atoms with Gasteiger partial charge in [0, 0.05) is 21.4 Å². The van der Waals surface area contributed by atoms with Gasteiger partial charge in [-0.25, -0.2) is 4.98 Å². The molecule has 0 spiro atoms. The largest absolute Gasteiger partial charge is 0.249 e. The number of fused-ring (bicyclic) bond motifs is 1. The van der Waals surface area contributed by atoms with Gasteiger partial charge < -0.3 is 0 Å². The van der Waals surface area contributed by atoms with E-state index in [0.29, 0.717) is 5.02 Å². The number of rotatable bonds is 0. The average molecular weight is 321 g/mol. The molecule has 0 radical (unpaired) electrons. The fourth-order valence-corrected chi connectivity index (χ4v) is 2.56. The fourth-order valence-electron chi connectivity index (χ4n) is 1.18. The molecular weight excluding hydrogens is 317 g/mol. The monoisotopic (exact) mass is 319 g/mol. The molecule has 0 amide bonds. The van der Waals surface area contributed by atoms with Crippen molar-refractivity contribution in [2.24, 2.45) is 0 Å². The lowest BCUT2D eigenvalue weighted by molar-refractivity contribution is 1.31. The number of aromatic nitrogens is 1. The summed E-state index contributed by atoms with van der Waals surface area (Å²) in [6.45, 7) is 0. The molecule has 0 aliphatic carbocycles. The van der Waals surface area contributed by atoms with Crippen LogP contribution in [0, 0.1) is 0 Å². The molecule has 0 fully saturated rings. The Morgan fingerprint density at radius 2 is 1.92 bits per heavy atom. The minimum Gasteiger partial charge on any atom is -0.249 e. The number of nitrogens with zero attached hydrogens (tertiary/aromatic N) is 1. The van der Waals surface area contributed by atoms with Crippen LogP contribution in [-0.2, 0) is 0 Å². The molecule has 0 aliphatic heterocycles. The fraction of sp³-hybridized carbons (Fsp3) is 0. The van der Waals surface area contributed by atoms with Gasteiger partial charge in [0.2, 0.25) is 0 Å². The van der Waals surface area contributed by atoms with Gasteiger partial charge in [-0.1, -0.05) is 27.5 Å². The normalized spacial score (nSPS) is 10.7. The molecule has 0 saturated carbocycles. The molecule has 0 unspecified atom stereocenters. The lowest BCUT2D eigenvalue weighted by atomic mass is 10.2. The summed E-state index contributed by atoms with van der Waals surface area (Å²) in [6, 6.07) is 5.70. The summed E-state index contributed by atoms with van der Waals surface area (Å²) in [5.74, 6) is 0. The molecular formula is C9H4Br2ClN. The zero-order chi connectivity index (χ0) is 9.42. The Morgan fingerprint density at radius 3 is 2.62 bits per heavy atom. The molecule has 1 aromatic heterocycles. The average Bonchev–Trinajstić information content (AvgIpc) is 2.12. The highest BCUT2D eigenvalue weighted by molar-refractivity contribution is 9.11. The Morgan fingerprint density at radius 1 is 1.15 bits per heavy atom. The predicted octanol–water partition coefficient (Wildman–Crippen LogP) is 4.41. The zero-order valence-electron chi connectivity index (χ0n) is 6.39. The smallest absolute Gasteiger partial charge is 0.115 e. The highest BCUT2D eigenvalue weighted by atomic mass is 79.9. The summed E-state index contributed by atoms with van der Waals surface area (Å²) < 4.78 is 1.80. The second-order valence-electron chi connectivity index (χ2n) is 2.55. The molecule has 4 heteroatoms. The van der Waals surface area contributed by atoms with Crippen molar-refractivity contribution in [1.82, 2.24) is 4.98 Å². The number of benzene rings is 1.